The maximum absolute atomic E-state index is 9.76. The summed E-state index contributed by atoms with van der Waals surface area (Å²) in [5.74, 6) is 0. The van der Waals surface area contributed by atoms with Gasteiger partial charge in [-0.05, 0) is 38.7 Å². The number of hydrogen-bond acceptors (Lipinski definition) is 3. The molecule has 2 atom stereocenters. The number of aliphatic hydroxyl groups is 1. The fraction of sp³-hybridized carbons (Fsp3) is 0.538. The summed E-state index contributed by atoms with van der Waals surface area (Å²) in [6.45, 7) is 3.21. The van der Waals surface area contributed by atoms with Gasteiger partial charge in [-0.1, -0.05) is 29.3 Å². The molecular formula is C13H20Cl2N2O. The molecule has 0 saturated carbocycles. The molecule has 0 spiro atoms. The van der Waals surface area contributed by atoms with Gasteiger partial charge in [0, 0.05) is 19.1 Å². The zero-order valence-electron chi connectivity index (χ0n) is 11.0. The Balaban J connectivity index is 2.49. The van der Waals surface area contributed by atoms with Gasteiger partial charge in [-0.2, -0.15) is 0 Å². The standard InChI is InChI=1S/C13H20Cl2N2O/c1-9(16-7-11(18)8-17(2)3)10-4-5-12(14)13(15)6-10/h4-6,9,11,16,18H,7-8H2,1-3H3. The van der Waals surface area contributed by atoms with Crippen LogP contribution in [-0.4, -0.2) is 43.3 Å². The molecule has 0 radical (unpaired) electrons. The van der Waals surface area contributed by atoms with E-state index in [9.17, 15) is 5.11 Å². The lowest BCUT2D eigenvalue weighted by Crippen LogP contribution is -2.36. The molecule has 5 heteroatoms. The van der Waals surface area contributed by atoms with E-state index in [4.69, 9.17) is 23.2 Å². The van der Waals surface area contributed by atoms with E-state index in [2.05, 4.69) is 5.32 Å². The van der Waals surface area contributed by atoms with Crippen molar-refractivity contribution >= 4 is 23.2 Å². The summed E-state index contributed by atoms with van der Waals surface area (Å²) < 4.78 is 0. The number of hydrogen-bond donors (Lipinski definition) is 2. The number of rotatable bonds is 6. The third-order valence-electron chi connectivity index (χ3n) is 2.68. The van der Waals surface area contributed by atoms with Crippen LogP contribution in [0.5, 0.6) is 0 Å². The Morgan fingerprint density at radius 3 is 2.50 bits per heavy atom. The summed E-state index contributed by atoms with van der Waals surface area (Å²) in [5, 5.41) is 14.1. The van der Waals surface area contributed by atoms with E-state index in [0.29, 0.717) is 23.1 Å². The van der Waals surface area contributed by atoms with Gasteiger partial charge in [0.05, 0.1) is 16.1 Å². The molecule has 0 bridgehead atoms. The monoisotopic (exact) mass is 290 g/mol. The molecule has 0 amide bonds. The largest absolute Gasteiger partial charge is 0.390 e. The first-order chi connectivity index (χ1) is 8.40. The number of nitrogens with zero attached hydrogens (tertiary/aromatic N) is 1. The summed E-state index contributed by atoms with van der Waals surface area (Å²) in [7, 11) is 3.87. The zero-order valence-corrected chi connectivity index (χ0v) is 12.5. The molecule has 1 aromatic rings. The van der Waals surface area contributed by atoms with E-state index in [0.717, 1.165) is 5.56 Å². The highest BCUT2D eigenvalue weighted by Crippen LogP contribution is 2.25. The van der Waals surface area contributed by atoms with E-state index in [1.807, 2.05) is 38.1 Å². The first-order valence-corrected chi connectivity index (χ1v) is 6.67. The smallest absolute Gasteiger partial charge is 0.0791 e. The Morgan fingerprint density at radius 1 is 1.28 bits per heavy atom. The second kappa shape index (κ2) is 7.31. The van der Waals surface area contributed by atoms with Crippen LogP contribution in [0.4, 0.5) is 0 Å². The van der Waals surface area contributed by atoms with Crippen LogP contribution in [0, 0.1) is 0 Å². The predicted molar refractivity (Wildman–Crippen MR) is 77.4 cm³/mol. The fourth-order valence-corrected chi connectivity index (χ4v) is 2.00. The number of aliphatic hydroxyl groups excluding tert-OH is 1. The molecule has 1 aromatic carbocycles. The molecule has 0 aliphatic rings. The molecular weight excluding hydrogens is 271 g/mol. The minimum Gasteiger partial charge on any atom is -0.390 e. The van der Waals surface area contributed by atoms with Crippen LogP contribution in [0.1, 0.15) is 18.5 Å². The predicted octanol–water partition coefficient (Wildman–Crippen LogP) is 2.57. The Morgan fingerprint density at radius 2 is 1.94 bits per heavy atom. The molecule has 0 aliphatic carbocycles. The van der Waals surface area contributed by atoms with E-state index < -0.39 is 0 Å². The number of benzene rings is 1. The van der Waals surface area contributed by atoms with Crippen LogP contribution in [0.15, 0.2) is 18.2 Å². The molecule has 102 valence electrons. The molecule has 0 saturated heterocycles. The minimum atomic E-state index is -0.384. The molecule has 1 rings (SSSR count). The SMILES string of the molecule is CC(NCC(O)CN(C)C)c1ccc(Cl)c(Cl)c1. The van der Waals surface area contributed by atoms with Gasteiger partial charge in [0.2, 0.25) is 0 Å². The first-order valence-electron chi connectivity index (χ1n) is 5.91. The van der Waals surface area contributed by atoms with Gasteiger partial charge in [0.15, 0.2) is 0 Å². The van der Waals surface area contributed by atoms with E-state index >= 15 is 0 Å². The van der Waals surface area contributed by atoms with Crippen LogP contribution in [-0.2, 0) is 0 Å². The molecule has 0 aromatic heterocycles. The van der Waals surface area contributed by atoms with Crippen molar-refractivity contribution in [2.45, 2.75) is 19.1 Å². The van der Waals surface area contributed by atoms with E-state index in [1.165, 1.54) is 0 Å². The topological polar surface area (TPSA) is 35.5 Å². The molecule has 18 heavy (non-hydrogen) atoms. The lowest BCUT2D eigenvalue weighted by Gasteiger charge is -2.20. The third kappa shape index (κ3) is 5.12. The summed E-state index contributed by atoms with van der Waals surface area (Å²) in [5.41, 5.74) is 1.06. The van der Waals surface area contributed by atoms with Crippen molar-refractivity contribution in [3.8, 4) is 0 Å². The summed E-state index contributed by atoms with van der Waals surface area (Å²) >= 11 is 11.8. The average Bonchev–Trinajstić information content (AvgIpc) is 2.28. The summed E-state index contributed by atoms with van der Waals surface area (Å²) in [6, 6.07) is 5.69. The van der Waals surface area contributed by atoms with Gasteiger partial charge >= 0.3 is 0 Å². The third-order valence-corrected chi connectivity index (χ3v) is 3.42. The molecule has 0 fully saturated rings. The van der Waals surface area contributed by atoms with Gasteiger partial charge in [0.25, 0.3) is 0 Å². The van der Waals surface area contributed by atoms with Crippen LogP contribution < -0.4 is 5.32 Å². The van der Waals surface area contributed by atoms with Crippen molar-refractivity contribution in [3.05, 3.63) is 33.8 Å². The second-order valence-electron chi connectivity index (χ2n) is 4.72. The fourth-order valence-electron chi connectivity index (χ4n) is 1.70. The molecule has 2 unspecified atom stereocenters. The lowest BCUT2D eigenvalue weighted by atomic mass is 10.1. The normalized spacial score (nSPS) is 14.8. The van der Waals surface area contributed by atoms with Crippen molar-refractivity contribution in [1.82, 2.24) is 10.2 Å². The maximum Gasteiger partial charge on any atom is 0.0791 e. The van der Waals surface area contributed by atoms with Crippen molar-refractivity contribution in [2.75, 3.05) is 27.2 Å². The van der Waals surface area contributed by atoms with Crippen LogP contribution >= 0.6 is 23.2 Å². The zero-order chi connectivity index (χ0) is 13.7. The van der Waals surface area contributed by atoms with Gasteiger partial charge in [-0.25, -0.2) is 0 Å². The van der Waals surface area contributed by atoms with Crippen molar-refractivity contribution < 1.29 is 5.11 Å². The molecule has 3 nitrogen and oxygen atoms in total. The maximum atomic E-state index is 9.76. The highest BCUT2D eigenvalue weighted by atomic mass is 35.5. The van der Waals surface area contributed by atoms with Gasteiger partial charge in [-0.15, -0.1) is 0 Å². The van der Waals surface area contributed by atoms with Gasteiger partial charge < -0.3 is 15.3 Å². The Bertz CT molecular complexity index is 385. The number of likely N-dealkylation sites (N-methyl/N-ethyl adjacent to an activating group) is 1. The van der Waals surface area contributed by atoms with Crippen molar-refractivity contribution in [2.24, 2.45) is 0 Å². The molecule has 0 heterocycles. The van der Waals surface area contributed by atoms with E-state index in [1.54, 1.807) is 6.07 Å². The van der Waals surface area contributed by atoms with Crippen molar-refractivity contribution in [1.29, 1.82) is 0 Å². The van der Waals surface area contributed by atoms with Crippen LogP contribution in [0.25, 0.3) is 0 Å². The Kier molecular flexibility index (Phi) is 6.39. The van der Waals surface area contributed by atoms with Crippen molar-refractivity contribution in [3.63, 3.8) is 0 Å². The second-order valence-corrected chi connectivity index (χ2v) is 5.53. The lowest BCUT2D eigenvalue weighted by molar-refractivity contribution is 0.132. The highest BCUT2D eigenvalue weighted by molar-refractivity contribution is 6.42. The van der Waals surface area contributed by atoms with Gasteiger partial charge in [-0.3, -0.25) is 0 Å². The summed E-state index contributed by atoms with van der Waals surface area (Å²) in [6.07, 6.45) is -0.384. The Hall–Kier alpha value is -0.320. The number of nitrogens with one attached hydrogen (secondary N) is 1. The Labute approximate surface area is 119 Å². The van der Waals surface area contributed by atoms with E-state index in [-0.39, 0.29) is 12.1 Å². The first kappa shape index (κ1) is 15.7. The molecule has 0 aliphatic heterocycles. The van der Waals surface area contributed by atoms with Gasteiger partial charge in [0.1, 0.15) is 0 Å². The quantitative estimate of drug-likeness (QED) is 0.845. The summed E-state index contributed by atoms with van der Waals surface area (Å²) in [4.78, 5) is 1.95. The minimum absolute atomic E-state index is 0.122. The highest BCUT2D eigenvalue weighted by Gasteiger charge is 2.10. The molecule has 2 N–H and O–H groups in total. The number of halogens is 2. The van der Waals surface area contributed by atoms with Crippen LogP contribution in [0.2, 0.25) is 10.0 Å². The van der Waals surface area contributed by atoms with Crippen LogP contribution in [0.3, 0.4) is 0 Å². The average molecular weight is 291 g/mol.